The number of carbonyl (C=O) groups is 1. The molecule has 0 saturated heterocycles. The number of carbonyl (C=O) groups excluding carboxylic acids is 1. The van der Waals surface area contributed by atoms with Gasteiger partial charge in [0.2, 0.25) is 5.91 Å². The number of hydroxylamine groups is 2. The molecule has 0 fully saturated rings. The van der Waals surface area contributed by atoms with Crippen molar-refractivity contribution in [2.75, 3.05) is 18.4 Å². The molecule has 0 atom stereocenters. The van der Waals surface area contributed by atoms with Crippen LogP contribution < -0.4 is 5.32 Å². The van der Waals surface area contributed by atoms with E-state index in [2.05, 4.69) is 5.32 Å². The standard InChI is InChI=1S/C14H20N2O4S/c1-3-7-16(8-4-2)20-21(18,19)12-5-6-13-11(9-12)10-14(17)15-13/h5-6,9H,3-4,7-8,10H2,1-2H3,(H,15,17). The van der Waals surface area contributed by atoms with Crippen molar-refractivity contribution in [2.24, 2.45) is 0 Å². The smallest absolute Gasteiger partial charge is 0.313 e. The minimum absolute atomic E-state index is 0.0787. The fourth-order valence-electron chi connectivity index (χ4n) is 2.23. The van der Waals surface area contributed by atoms with E-state index in [0.717, 1.165) is 12.8 Å². The van der Waals surface area contributed by atoms with Crippen LogP contribution in [0.2, 0.25) is 0 Å². The second-order valence-corrected chi connectivity index (χ2v) is 6.53. The fourth-order valence-corrected chi connectivity index (χ4v) is 3.26. The zero-order valence-corrected chi connectivity index (χ0v) is 13.1. The Morgan fingerprint density at radius 1 is 1.24 bits per heavy atom. The monoisotopic (exact) mass is 312 g/mol. The largest absolute Gasteiger partial charge is 0.326 e. The van der Waals surface area contributed by atoms with Crippen LogP contribution in [0.4, 0.5) is 5.69 Å². The minimum Gasteiger partial charge on any atom is -0.326 e. The lowest BCUT2D eigenvalue weighted by Gasteiger charge is -2.19. The first kappa shape index (κ1) is 15.9. The SMILES string of the molecule is CCCN(CCC)OS(=O)(=O)c1ccc2c(c1)CC(=O)N2. The highest BCUT2D eigenvalue weighted by Crippen LogP contribution is 2.26. The van der Waals surface area contributed by atoms with Crippen molar-refractivity contribution in [3.63, 3.8) is 0 Å². The number of amides is 1. The molecule has 0 unspecified atom stereocenters. The number of nitrogens with zero attached hydrogens (tertiary/aromatic N) is 1. The van der Waals surface area contributed by atoms with Crippen LogP contribution in [0.3, 0.4) is 0 Å². The maximum atomic E-state index is 12.3. The molecule has 2 rings (SSSR count). The summed E-state index contributed by atoms with van der Waals surface area (Å²) in [7, 11) is -3.86. The summed E-state index contributed by atoms with van der Waals surface area (Å²) in [6.45, 7) is 5.03. The molecule has 1 aliphatic heterocycles. The summed E-state index contributed by atoms with van der Waals surface area (Å²) >= 11 is 0. The molecular formula is C14H20N2O4S. The zero-order chi connectivity index (χ0) is 15.5. The Morgan fingerprint density at radius 3 is 2.52 bits per heavy atom. The molecule has 0 aromatic heterocycles. The van der Waals surface area contributed by atoms with Crippen LogP contribution in [0, 0.1) is 0 Å². The molecule has 1 N–H and O–H groups in total. The molecule has 1 aromatic carbocycles. The van der Waals surface area contributed by atoms with E-state index in [-0.39, 0.29) is 17.2 Å². The van der Waals surface area contributed by atoms with Gasteiger partial charge in [-0.25, -0.2) is 0 Å². The molecule has 0 aliphatic carbocycles. The van der Waals surface area contributed by atoms with Crippen LogP contribution in [0.15, 0.2) is 23.1 Å². The summed E-state index contributed by atoms with van der Waals surface area (Å²) in [6, 6.07) is 4.55. The van der Waals surface area contributed by atoms with E-state index in [1.807, 2.05) is 13.8 Å². The summed E-state index contributed by atoms with van der Waals surface area (Å²) in [5.74, 6) is -0.126. The second kappa shape index (κ2) is 6.55. The predicted octanol–water partition coefficient (Wildman–Crippen LogP) is 1.92. The Hall–Kier alpha value is -1.44. The topological polar surface area (TPSA) is 75.7 Å². The summed E-state index contributed by atoms with van der Waals surface area (Å²) in [5, 5.41) is 4.14. The summed E-state index contributed by atoms with van der Waals surface area (Å²) in [6.07, 6.45) is 1.81. The molecule has 6 nitrogen and oxygen atoms in total. The first-order chi connectivity index (χ1) is 9.96. The molecule has 0 bridgehead atoms. The molecule has 1 heterocycles. The third-order valence-electron chi connectivity index (χ3n) is 3.14. The van der Waals surface area contributed by atoms with Gasteiger partial charge in [0.25, 0.3) is 0 Å². The number of benzene rings is 1. The molecule has 21 heavy (non-hydrogen) atoms. The van der Waals surface area contributed by atoms with E-state index in [1.165, 1.54) is 17.2 Å². The number of hydrogen-bond donors (Lipinski definition) is 1. The maximum absolute atomic E-state index is 12.3. The zero-order valence-electron chi connectivity index (χ0n) is 12.3. The van der Waals surface area contributed by atoms with Gasteiger partial charge in [-0.3, -0.25) is 4.79 Å². The van der Waals surface area contributed by atoms with Crippen molar-refractivity contribution in [2.45, 2.75) is 38.0 Å². The van der Waals surface area contributed by atoms with Gasteiger partial charge < -0.3 is 5.32 Å². The fraction of sp³-hybridized carbons (Fsp3) is 0.500. The quantitative estimate of drug-likeness (QED) is 0.779. The van der Waals surface area contributed by atoms with Gasteiger partial charge in [-0.05, 0) is 36.6 Å². The molecular weight excluding hydrogens is 292 g/mol. The number of rotatable bonds is 7. The van der Waals surface area contributed by atoms with E-state index in [4.69, 9.17) is 4.28 Å². The average Bonchev–Trinajstić information content (AvgIpc) is 2.77. The normalized spacial score (nSPS) is 14.3. The average molecular weight is 312 g/mol. The first-order valence-corrected chi connectivity index (χ1v) is 8.49. The van der Waals surface area contributed by atoms with Crippen LogP contribution in [-0.4, -0.2) is 32.5 Å². The van der Waals surface area contributed by atoms with Crippen molar-refractivity contribution in [3.8, 4) is 0 Å². The number of hydrogen-bond acceptors (Lipinski definition) is 5. The Bertz CT molecular complexity index is 622. The van der Waals surface area contributed by atoms with Crippen LogP contribution in [0.25, 0.3) is 0 Å². The molecule has 1 amide bonds. The molecule has 1 aliphatic rings. The third kappa shape index (κ3) is 3.81. The molecule has 0 spiro atoms. The molecule has 0 radical (unpaired) electrons. The van der Waals surface area contributed by atoms with Crippen molar-refractivity contribution >= 4 is 21.7 Å². The van der Waals surface area contributed by atoms with E-state index in [1.54, 1.807) is 6.07 Å². The highest BCUT2D eigenvalue weighted by molar-refractivity contribution is 7.86. The van der Waals surface area contributed by atoms with Gasteiger partial charge in [0.05, 0.1) is 11.3 Å². The summed E-state index contributed by atoms with van der Waals surface area (Å²) < 4.78 is 29.8. The van der Waals surface area contributed by atoms with Gasteiger partial charge in [0.1, 0.15) is 0 Å². The molecule has 0 saturated carbocycles. The van der Waals surface area contributed by atoms with Crippen LogP contribution in [-0.2, 0) is 25.6 Å². The van der Waals surface area contributed by atoms with E-state index < -0.39 is 10.1 Å². The Labute approximate surface area is 125 Å². The molecule has 7 heteroatoms. The summed E-state index contributed by atoms with van der Waals surface area (Å²) in [4.78, 5) is 11.4. The lowest BCUT2D eigenvalue weighted by molar-refractivity contribution is -0.115. The molecule has 116 valence electrons. The van der Waals surface area contributed by atoms with Gasteiger partial charge >= 0.3 is 10.1 Å². The van der Waals surface area contributed by atoms with Crippen molar-refractivity contribution in [3.05, 3.63) is 23.8 Å². The van der Waals surface area contributed by atoms with E-state index >= 15 is 0 Å². The highest BCUT2D eigenvalue weighted by atomic mass is 32.2. The summed E-state index contributed by atoms with van der Waals surface area (Å²) in [5.41, 5.74) is 1.35. The van der Waals surface area contributed by atoms with Gasteiger partial charge in [-0.15, -0.1) is 0 Å². The Kier molecular flexibility index (Phi) is 4.97. The second-order valence-electron chi connectivity index (χ2n) is 5.00. The van der Waals surface area contributed by atoms with Crippen LogP contribution in [0.5, 0.6) is 0 Å². The van der Waals surface area contributed by atoms with E-state index in [9.17, 15) is 13.2 Å². The van der Waals surface area contributed by atoms with Gasteiger partial charge in [-0.1, -0.05) is 13.8 Å². The van der Waals surface area contributed by atoms with E-state index in [0.29, 0.717) is 24.3 Å². The Morgan fingerprint density at radius 2 is 1.90 bits per heavy atom. The number of anilines is 1. The Balaban J connectivity index is 2.19. The van der Waals surface area contributed by atoms with Crippen LogP contribution >= 0.6 is 0 Å². The highest BCUT2D eigenvalue weighted by Gasteiger charge is 2.24. The van der Waals surface area contributed by atoms with Gasteiger partial charge in [-0.2, -0.15) is 17.8 Å². The first-order valence-electron chi connectivity index (χ1n) is 7.08. The van der Waals surface area contributed by atoms with Crippen LogP contribution in [0.1, 0.15) is 32.3 Å². The molecule has 1 aromatic rings. The lowest BCUT2D eigenvalue weighted by Crippen LogP contribution is -2.29. The minimum atomic E-state index is -3.86. The number of nitrogens with one attached hydrogen (secondary N) is 1. The van der Waals surface area contributed by atoms with Gasteiger partial charge in [0, 0.05) is 18.8 Å². The lowest BCUT2D eigenvalue weighted by atomic mass is 10.2. The maximum Gasteiger partial charge on any atom is 0.313 e. The van der Waals surface area contributed by atoms with Crippen molar-refractivity contribution in [1.29, 1.82) is 0 Å². The third-order valence-corrected chi connectivity index (χ3v) is 4.38. The number of fused-ring (bicyclic) bond motifs is 1. The van der Waals surface area contributed by atoms with Gasteiger partial charge in [0.15, 0.2) is 0 Å². The van der Waals surface area contributed by atoms with Crippen molar-refractivity contribution in [1.82, 2.24) is 5.06 Å². The predicted molar refractivity (Wildman–Crippen MR) is 79.2 cm³/mol. The van der Waals surface area contributed by atoms with Crippen molar-refractivity contribution < 1.29 is 17.5 Å².